The Bertz CT molecular complexity index is 759. The zero-order valence-electron chi connectivity index (χ0n) is 9.95. The summed E-state index contributed by atoms with van der Waals surface area (Å²) in [4.78, 5) is 0. The van der Waals surface area contributed by atoms with Crippen molar-refractivity contribution in [3.63, 3.8) is 0 Å². The van der Waals surface area contributed by atoms with Crippen molar-refractivity contribution in [3.05, 3.63) is 46.7 Å². The van der Waals surface area contributed by atoms with Crippen LogP contribution in [0.25, 0.3) is 16.5 Å². The van der Waals surface area contributed by atoms with E-state index in [1.807, 2.05) is 0 Å². The van der Waals surface area contributed by atoms with Crippen LogP contribution in [0, 0.1) is 0 Å². The molecule has 88 valence electrons. The van der Waals surface area contributed by atoms with Gasteiger partial charge >= 0.3 is 0 Å². The van der Waals surface area contributed by atoms with Crippen LogP contribution in [-0.4, -0.2) is 0 Å². The van der Waals surface area contributed by atoms with Gasteiger partial charge in [0, 0.05) is 5.39 Å². The summed E-state index contributed by atoms with van der Waals surface area (Å²) < 4.78 is 11.5. The van der Waals surface area contributed by atoms with E-state index < -0.39 is 0 Å². The third-order valence-corrected chi connectivity index (χ3v) is 4.45. The van der Waals surface area contributed by atoms with Crippen molar-refractivity contribution in [2.75, 3.05) is 0 Å². The highest BCUT2D eigenvalue weighted by Crippen LogP contribution is 2.49. The third kappa shape index (κ3) is 0.916. The van der Waals surface area contributed by atoms with E-state index in [0.717, 1.165) is 18.4 Å². The van der Waals surface area contributed by atoms with Gasteiger partial charge in [-0.25, -0.2) is 0 Å². The standard InChI is InChI=1S/C16H12O2/c1-4-11-9(1)3-6-13-14(11)15-12-5-2-10(12)7-8-17-16(15)18-13/h3,6-8H,1-2,4-5H2. The Morgan fingerprint density at radius 3 is 2.78 bits per heavy atom. The number of rotatable bonds is 0. The molecule has 0 atom stereocenters. The van der Waals surface area contributed by atoms with E-state index in [4.69, 9.17) is 9.15 Å². The minimum Gasteiger partial charge on any atom is -0.433 e. The number of hydrogen-bond donors (Lipinski definition) is 0. The van der Waals surface area contributed by atoms with Crippen LogP contribution in [-0.2, 0) is 12.8 Å². The number of ether oxygens (including phenoxy) is 1. The molecule has 1 aromatic heterocycles. The van der Waals surface area contributed by atoms with Gasteiger partial charge in [0.05, 0.1) is 11.8 Å². The number of benzene rings is 1. The summed E-state index contributed by atoms with van der Waals surface area (Å²) >= 11 is 0. The number of allylic oxidation sites excluding steroid dienone is 3. The van der Waals surface area contributed by atoms with E-state index in [-0.39, 0.29) is 0 Å². The molecule has 1 aliphatic heterocycles. The quantitative estimate of drug-likeness (QED) is 0.690. The molecule has 0 spiro atoms. The molecular weight excluding hydrogens is 224 g/mol. The Hall–Kier alpha value is -1.96. The van der Waals surface area contributed by atoms with Crippen LogP contribution in [0.15, 0.2) is 34.5 Å². The summed E-state index contributed by atoms with van der Waals surface area (Å²) in [6, 6.07) is 4.28. The molecule has 2 aromatic rings. The van der Waals surface area contributed by atoms with E-state index >= 15 is 0 Å². The zero-order chi connectivity index (χ0) is 11.7. The normalized spacial score (nSPS) is 19.3. The molecule has 2 aliphatic carbocycles. The van der Waals surface area contributed by atoms with Crippen molar-refractivity contribution >= 4 is 16.5 Å². The summed E-state index contributed by atoms with van der Waals surface area (Å²) in [5.74, 6) is 0.686. The van der Waals surface area contributed by atoms with Crippen molar-refractivity contribution in [2.45, 2.75) is 25.7 Å². The molecule has 0 radical (unpaired) electrons. The van der Waals surface area contributed by atoms with Gasteiger partial charge in [-0.15, -0.1) is 0 Å². The van der Waals surface area contributed by atoms with Gasteiger partial charge < -0.3 is 9.15 Å². The van der Waals surface area contributed by atoms with E-state index in [9.17, 15) is 0 Å². The fourth-order valence-electron chi connectivity index (χ4n) is 3.28. The summed E-state index contributed by atoms with van der Waals surface area (Å²) in [6.07, 6.45) is 8.53. The topological polar surface area (TPSA) is 22.4 Å². The van der Waals surface area contributed by atoms with Gasteiger partial charge in [-0.05, 0) is 60.1 Å². The van der Waals surface area contributed by atoms with E-state index in [2.05, 4.69) is 18.2 Å². The van der Waals surface area contributed by atoms with Crippen LogP contribution in [0.5, 0.6) is 5.95 Å². The Morgan fingerprint density at radius 2 is 2.00 bits per heavy atom. The molecular formula is C16H12O2. The molecule has 0 bridgehead atoms. The van der Waals surface area contributed by atoms with Crippen molar-refractivity contribution in [1.29, 1.82) is 0 Å². The van der Waals surface area contributed by atoms with Gasteiger partial charge in [-0.2, -0.15) is 0 Å². The number of fused-ring (bicyclic) bond motifs is 6. The van der Waals surface area contributed by atoms with Crippen LogP contribution in [0.4, 0.5) is 0 Å². The number of hydrogen-bond acceptors (Lipinski definition) is 2. The lowest BCUT2D eigenvalue weighted by Crippen LogP contribution is -2.09. The van der Waals surface area contributed by atoms with Gasteiger partial charge in [0.25, 0.3) is 5.95 Å². The lowest BCUT2D eigenvalue weighted by molar-refractivity contribution is 0.358. The second kappa shape index (κ2) is 2.89. The van der Waals surface area contributed by atoms with Gasteiger partial charge in [0.15, 0.2) is 0 Å². The molecule has 1 aromatic carbocycles. The summed E-state index contributed by atoms with van der Waals surface area (Å²) in [6.45, 7) is 0. The molecule has 2 heterocycles. The first-order valence-electron chi connectivity index (χ1n) is 6.54. The van der Waals surface area contributed by atoms with E-state index in [1.54, 1.807) is 6.26 Å². The van der Waals surface area contributed by atoms with Gasteiger partial charge in [0.2, 0.25) is 0 Å². The smallest absolute Gasteiger partial charge is 0.298 e. The number of furan rings is 1. The van der Waals surface area contributed by atoms with Crippen LogP contribution >= 0.6 is 0 Å². The molecule has 0 N–H and O–H groups in total. The van der Waals surface area contributed by atoms with Gasteiger partial charge in [0.1, 0.15) is 5.58 Å². The molecule has 0 saturated carbocycles. The van der Waals surface area contributed by atoms with Crippen molar-refractivity contribution in [3.8, 4) is 5.95 Å². The number of aryl methyl sites for hydroxylation is 2. The fourth-order valence-corrected chi connectivity index (χ4v) is 3.28. The van der Waals surface area contributed by atoms with Crippen LogP contribution in [0.1, 0.15) is 29.5 Å². The minimum atomic E-state index is 0.686. The zero-order valence-corrected chi connectivity index (χ0v) is 9.95. The van der Waals surface area contributed by atoms with Gasteiger partial charge in [-0.3, -0.25) is 0 Å². The Kier molecular flexibility index (Phi) is 1.45. The highest BCUT2D eigenvalue weighted by molar-refractivity contribution is 6.00. The Labute approximate surface area is 105 Å². The minimum absolute atomic E-state index is 0.686. The second-order valence-electron chi connectivity index (χ2n) is 5.27. The first kappa shape index (κ1) is 9.03. The van der Waals surface area contributed by atoms with Gasteiger partial charge in [-0.1, -0.05) is 6.07 Å². The molecule has 2 heteroatoms. The molecule has 18 heavy (non-hydrogen) atoms. The van der Waals surface area contributed by atoms with Crippen molar-refractivity contribution in [2.24, 2.45) is 0 Å². The van der Waals surface area contributed by atoms with Crippen molar-refractivity contribution in [1.82, 2.24) is 0 Å². The highest BCUT2D eigenvalue weighted by Gasteiger charge is 2.31. The van der Waals surface area contributed by atoms with Crippen molar-refractivity contribution < 1.29 is 9.15 Å². The SMILES string of the molecule is C1=CC2=C(CC2)c2c(oc3ccc4c(c23)CC4)O1. The maximum absolute atomic E-state index is 5.89. The first-order valence-corrected chi connectivity index (χ1v) is 6.54. The lowest BCUT2D eigenvalue weighted by Gasteiger charge is -2.23. The van der Waals surface area contributed by atoms with E-state index in [0.29, 0.717) is 5.95 Å². The summed E-state index contributed by atoms with van der Waals surface area (Å²) in [7, 11) is 0. The van der Waals surface area contributed by atoms with Crippen LogP contribution in [0.3, 0.4) is 0 Å². The van der Waals surface area contributed by atoms with Crippen LogP contribution < -0.4 is 4.74 Å². The van der Waals surface area contributed by atoms with E-state index in [1.165, 1.54) is 46.1 Å². The fraction of sp³-hybridized carbons (Fsp3) is 0.250. The molecule has 2 nitrogen and oxygen atoms in total. The van der Waals surface area contributed by atoms with Crippen LogP contribution in [0.2, 0.25) is 0 Å². The average Bonchev–Trinajstić information content (AvgIpc) is 2.56. The lowest BCUT2D eigenvalue weighted by atomic mass is 9.79. The molecule has 0 saturated heterocycles. The Balaban J connectivity index is 1.95. The monoisotopic (exact) mass is 236 g/mol. The highest BCUT2D eigenvalue weighted by atomic mass is 16.6. The molecule has 0 fully saturated rings. The largest absolute Gasteiger partial charge is 0.433 e. The molecule has 0 unspecified atom stereocenters. The molecule has 5 rings (SSSR count). The predicted octanol–water partition coefficient (Wildman–Crippen LogP) is 3.98. The summed E-state index contributed by atoms with van der Waals surface area (Å²) in [5, 5.41) is 1.31. The summed E-state index contributed by atoms with van der Waals surface area (Å²) in [5.41, 5.74) is 8.00. The average molecular weight is 236 g/mol. The second-order valence-corrected chi connectivity index (χ2v) is 5.27. The maximum Gasteiger partial charge on any atom is 0.298 e. The molecule has 0 amide bonds. The Morgan fingerprint density at radius 1 is 1.00 bits per heavy atom. The first-order chi connectivity index (χ1) is 8.92. The maximum atomic E-state index is 5.89. The predicted molar refractivity (Wildman–Crippen MR) is 69.5 cm³/mol. The molecule has 3 aliphatic rings. The third-order valence-electron chi connectivity index (χ3n) is 4.45.